The predicted molar refractivity (Wildman–Crippen MR) is 75.6 cm³/mol. The van der Waals surface area contributed by atoms with Crippen LogP contribution < -0.4 is 5.73 Å². The molecule has 3 heteroatoms. The lowest BCUT2D eigenvalue weighted by molar-refractivity contribution is -0.133. The fraction of sp³-hybridized carbons (Fsp3) is 0.562. The van der Waals surface area contributed by atoms with E-state index in [4.69, 9.17) is 5.73 Å². The molecule has 0 heterocycles. The van der Waals surface area contributed by atoms with E-state index in [-0.39, 0.29) is 5.91 Å². The number of aryl methyl sites for hydroxylation is 1. The van der Waals surface area contributed by atoms with Gasteiger partial charge in [-0.3, -0.25) is 4.79 Å². The first kappa shape index (κ1) is 12.7. The highest BCUT2D eigenvalue weighted by atomic mass is 16.2. The van der Waals surface area contributed by atoms with E-state index in [1.54, 1.807) is 0 Å². The van der Waals surface area contributed by atoms with Crippen molar-refractivity contribution in [3.63, 3.8) is 0 Å². The van der Waals surface area contributed by atoms with Gasteiger partial charge in [0, 0.05) is 12.6 Å². The number of hydrogen-bond donors (Lipinski definition) is 1. The van der Waals surface area contributed by atoms with E-state index < -0.39 is 6.04 Å². The van der Waals surface area contributed by atoms with Crippen molar-refractivity contribution >= 4 is 5.91 Å². The SMILES string of the molecule is Cc1ccc(C(N)C(=O)N(CC2CC2)C2CC2)cc1. The molecule has 1 unspecified atom stereocenters. The minimum absolute atomic E-state index is 0.109. The van der Waals surface area contributed by atoms with Gasteiger partial charge >= 0.3 is 0 Å². The minimum atomic E-state index is -0.500. The van der Waals surface area contributed by atoms with Crippen molar-refractivity contribution < 1.29 is 4.79 Å². The van der Waals surface area contributed by atoms with Crippen molar-refractivity contribution in [2.45, 2.75) is 44.7 Å². The van der Waals surface area contributed by atoms with E-state index in [0.29, 0.717) is 6.04 Å². The molecule has 2 aliphatic rings. The van der Waals surface area contributed by atoms with Gasteiger partial charge < -0.3 is 10.6 Å². The number of nitrogens with two attached hydrogens (primary N) is 1. The van der Waals surface area contributed by atoms with E-state index in [9.17, 15) is 4.79 Å². The van der Waals surface area contributed by atoms with Gasteiger partial charge in [0.05, 0.1) is 0 Å². The van der Waals surface area contributed by atoms with Gasteiger partial charge in [-0.15, -0.1) is 0 Å². The zero-order valence-corrected chi connectivity index (χ0v) is 11.5. The summed E-state index contributed by atoms with van der Waals surface area (Å²) >= 11 is 0. The van der Waals surface area contributed by atoms with Crippen LogP contribution in [0, 0.1) is 12.8 Å². The van der Waals surface area contributed by atoms with Gasteiger partial charge in [0.1, 0.15) is 6.04 Å². The van der Waals surface area contributed by atoms with Crippen LogP contribution in [0.4, 0.5) is 0 Å². The van der Waals surface area contributed by atoms with Crippen molar-refractivity contribution in [3.05, 3.63) is 35.4 Å². The molecule has 19 heavy (non-hydrogen) atoms. The number of benzene rings is 1. The minimum Gasteiger partial charge on any atom is -0.338 e. The molecule has 2 saturated carbocycles. The molecule has 2 aliphatic carbocycles. The van der Waals surface area contributed by atoms with E-state index in [1.807, 2.05) is 36.1 Å². The number of amides is 1. The fourth-order valence-electron chi connectivity index (χ4n) is 2.48. The second kappa shape index (κ2) is 4.97. The van der Waals surface area contributed by atoms with Crippen molar-refractivity contribution in [1.29, 1.82) is 0 Å². The van der Waals surface area contributed by atoms with Crippen molar-refractivity contribution in [3.8, 4) is 0 Å². The monoisotopic (exact) mass is 258 g/mol. The second-order valence-corrected chi connectivity index (χ2v) is 6.05. The summed E-state index contributed by atoms with van der Waals surface area (Å²) in [5.41, 5.74) is 8.28. The number of rotatable bonds is 5. The highest BCUT2D eigenvalue weighted by Crippen LogP contribution is 2.36. The molecular formula is C16H22N2O. The number of carbonyl (C=O) groups excluding carboxylic acids is 1. The Morgan fingerprint density at radius 3 is 2.42 bits per heavy atom. The average molecular weight is 258 g/mol. The lowest BCUT2D eigenvalue weighted by Gasteiger charge is -2.26. The van der Waals surface area contributed by atoms with Gasteiger partial charge in [-0.2, -0.15) is 0 Å². The molecule has 0 aromatic heterocycles. The zero-order valence-electron chi connectivity index (χ0n) is 11.5. The van der Waals surface area contributed by atoms with Gasteiger partial charge in [0.15, 0.2) is 0 Å². The van der Waals surface area contributed by atoms with E-state index >= 15 is 0 Å². The molecule has 2 N–H and O–H groups in total. The molecule has 0 aliphatic heterocycles. The highest BCUT2D eigenvalue weighted by Gasteiger charge is 2.38. The highest BCUT2D eigenvalue weighted by molar-refractivity contribution is 5.83. The maximum absolute atomic E-state index is 12.6. The van der Waals surface area contributed by atoms with Gasteiger partial charge in [0.2, 0.25) is 5.91 Å². The first-order chi connectivity index (χ1) is 9.15. The third kappa shape index (κ3) is 2.98. The largest absolute Gasteiger partial charge is 0.338 e. The number of nitrogens with zero attached hydrogens (tertiary/aromatic N) is 1. The van der Waals surface area contributed by atoms with Crippen LogP contribution in [-0.4, -0.2) is 23.4 Å². The third-order valence-corrected chi connectivity index (χ3v) is 4.13. The Hall–Kier alpha value is -1.35. The predicted octanol–water partition coefficient (Wildman–Crippen LogP) is 2.40. The Labute approximate surface area is 114 Å². The van der Waals surface area contributed by atoms with E-state index in [1.165, 1.54) is 18.4 Å². The van der Waals surface area contributed by atoms with Gasteiger partial charge in [0.25, 0.3) is 0 Å². The fourth-order valence-corrected chi connectivity index (χ4v) is 2.48. The second-order valence-electron chi connectivity index (χ2n) is 6.05. The normalized spacial score (nSPS) is 20.1. The van der Waals surface area contributed by atoms with Crippen LogP contribution in [0.3, 0.4) is 0 Å². The lowest BCUT2D eigenvalue weighted by atomic mass is 10.0. The average Bonchev–Trinajstić information content (AvgIpc) is 3.28. The molecule has 0 saturated heterocycles. The molecule has 0 spiro atoms. The lowest BCUT2D eigenvalue weighted by Crippen LogP contribution is -2.41. The van der Waals surface area contributed by atoms with Gasteiger partial charge in [-0.05, 0) is 44.1 Å². The summed E-state index contributed by atoms with van der Waals surface area (Å²) in [7, 11) is 0. The molecule has 102 valence electrons. The van der Waals surface area contributed by atoms with Crippen LogP contribution in [0.15, 0.2) is 24.3 Å². The number of hydrogen-bond acceptors (Lipinski definition) is 2. The Morgan fingerprint density at radius 2 is 1.89 bits per heavy atom. The van der Waals surface area contributed by atoms with E-state index in [0.717, 1.165) is 30.9 Å². The summed E-state index contributed by atoms with van der Waals surface area (Å²) in [6, 6.07) is 7.94. The maximum atomic E-state index is 12.6. The van der Waals surface area contributed by atoms with Crippen LogP contribution in [0.1, 0.15) is 42.9 Å². The summed E-state index contributed by atoms with van der Waals surface area (Å²) in [6.45, 7) is 2.96. The Kier molecular flexibility index (Phi) is 3.31. The molecular weight excluding hydrogens is 236 g/mol. The molecule has 1 aromatic carbocycles. The molecule has 0 bridgehead atoms. The standard InChI is InChI=1S/C16H22N2O/c1-11-2-6-13(7-3-11)15(17)16(19)18(14-8-9-14)10-12-4-5-12/h2-3,6-7,12,14-15H,4-5,8-10,17H2,1H3. The summed E-state index contributed by atoms with van der Waals surface area (Å²) in [6.07, 6.45) is 4.85. The van der Waals surface area contributed by atoms with Gasteiger partial charge in [-0.25, -0.2) is 0 Å². The molecule has 0 radical (unpaired) electrons. The summed E-state index contributed by atoms with van der Waals surface area (Å²) in [5, 5.41) is 0. The van der Waals surface area contributed by atoms with Gasteiger partial charge in [-0.1, -0.05) is 29.8 Å². The Morgan fingerprint density at radius 1 is 1.26 bits per heavy atom. The molecule has 1 atom stereocenters. The Balaban J connectivity index is 1.71. The van der Waals surface area contributed by atoms with Crippen LogP contribution in [-0.2, 0) is 4.79 Å². The first-order valence-electron chi connectivity index (χ1n) is 7.28. The van der Waals surface area contributed by atoms with Crippen molar-refractivity contribution in [1.82, 2.24) is 4.90 Å². The number of carbonyl (C=O) groups is 1. The quantitative estimate of drug-likeness (QED) is 0.881. The van der Waals surface area contributed by atoms with Crippen LogP contribution >= 0.6 is 0 Å². The van der Waals surface area contributed by atoms with Crippen LogP contribution in [0.2, 0.25) is 0 Å². The first-order valence-corrected chi connectivity index (χ1v) is 7.28. The van der Waals surface area contributed by atoms with Crippen molar-refractivity contribution in [2.24, 2.45) is 11.7 Å². The van der Waals surface area contributed by atoms with Crippen LogP contribution in [0.5, 0.6) is 0 Å². The maximum Gasteiger partial charge on any atom is 0.244 e. The molecule has 2 fully saturated rings. The summed E-state index contributed by atoms with van der Waals surface area (Å²) in [5.74, 6) is 0.841. The Bertz CT molecular complexity index is 460. The van der Waals surface area contributed by atoms with Crippen molar-refractivity contribution in [2.75, 3.05) is 6.54 Å². The van der Waals surface area contributed by atoms with E-state index in [2.05, 4.69) is 0 Å². The van der Waals surface area contributed by atoms with Crippen LogP contribution in [0.25, 0.3) is 0 Å². The summed E-state index contributed by atoms with van der Waals surface area (Å²) in [4.78, 5) is 14.6. The zero-order chi connectivity index (χ0) is 13.4. The molecule has 3 nitrogen and oxygen atoms in total. The molecule has 1 aromatic rings. The third-order valence-electron chi connectivity index (χ3n) is 4.13. The molecule has 3 rings (SSSR count). The smallest absolute Gasteiger partial charge is 0.244 e. The topological polar surface area (TPSA) is 46.3 Å². The summed E-state index contributed by atoms with van der Waals surface area (Å²) < 4.78 is 0. The molecule has 1 amide bonds.